The van der Waals surface area contributed by atoms with Crippen molar-refractivity contribution in [3.8, 4) is 5.75 Å². The fourth-order valence-corrected chi connectivity index (χ4v) is 3.81. The molecule has 0 bridgehead atoms. The number of aromatic nitrogens is 1. The fourth-order valence-electron chi connectivity index (χ4n) is 3.81. The summed E-state index contributed by atoms with van der Waals surface area (Å²) in [5.74, 6) is 0.681. The van der Waals surface area contributed by atoms with Gasteiger partial charge in [-0.3, -0.25) is 4.79 Å². The quantitative estimate of drug-likeness (QED) is 0.737. The van der Waals surface area contributed by atoms with Gasteiger partial charge in [-0.25, -0.2) is 4.98 Å². The molecule has 1 fully saturated rings. The average molecular weight is 376 g/mol. The first kappa shape index (κ1) is 18.4. The second-order valence-corrected chi connectivity index (χ2v) is 7.19. The van der Waals surface area contributed by atoms with Crippen LogP contribution >= 0.6 is 0 Å². The van der Waals surface area contributed by atoms with Gasteiger partial charge in [-0.05, 0) is 42.7 Å². The van der Waals surface area contributed by atoms with E-state index >= 15 is 0 Å². The Labute approximate surface area is 164 Å². The molecule has 1 N–H and O–H groups in total. The highest BCUT2D eigenvalue weighted by Gasteiger charge is 2.35. The maximum absolute atomic E-state index is 12.8. The number of carbonyl (C=O) groups is 1. The molecular formula is C23H24N2O3. The summed E-state index contributed by atoms with van der Waals surface area (Å²) in [4.78, 5) is 17.3. The predicted octanol–water partition coefficient (Wildman–Crippen LogP) is 3.72. The van der Waals surface area contributed by atoms with Crippen molar-refractivity contribution in [3.05, 3.63) is 71.9 Å². The van der Waals surface area contributed by atoms with Crippen LogP contribution in [0.2, 0.25) is 0 Å². The van der Waals surface area contributed by atoms with Crippen molar-refractivity contribution < 1.29 is 14.3 Å². The van der Waals surface area contributed by atoms with Crippen LogP contribution in [0, 0.1) is 0 Å². The van der Waals surface area contributed by atoms with Crippen molar-refractivity contribution in [2.45, 2.75) is 18.3 Å². The van der Waals surface area contributed by atoms with Crippen molar-refractivity contribution in [2.75, 3.05) is 26.9 Å². The molecule has 0 aliphatic carbocycles. The maximum Gasteiger partial charge on any atom is 0.269 e. The number of benzene rings is 2. The summed E-state index contributed by atoms with van der Waals surface area (Å²) in [5.41, 5.74) is 2.32. The average Bonchev–Trinajstić information content (AvgIpc) is 2.78. The third-order valence-corrected chi connectivity index (χ3v) is 5.57. The number of methoxy groups -OCH3 is 1. The van der Waals surface area contributed by atoms with Gasteiger partial charge >= 0.3 is 0 Å². The summed E-state index contributed by atoms with van der Waals surface area (Å²) in [6.07, 6.45) is 1.73. The zero-order valence-corrected chi connectivity index (χ0v) is 16.0. The Balaban J connectivity index is 1.54. The van der Waals surface area contributed by atoms with Crippen LogP contribution in [0.25, 0.3) is 10.9 Å². The Hall–Kier alpha value is -2.92. The van der Waals surface area contributed by atoms with Gasteiger partial charge in [-0.15, -0.1) is 0 Å². The number of hydrogen-bond acceptors (Lipinski definition) is 4. The van der Waals surface area contributed by atoms with Crippen LogP contribution in [0.15, 0.2) is 60.7 Å². The lowest BCUT2D eigenvalue weighted by Gasteiger charge is -2.38. The molecule has 5 heteroatoms. The summed E-state index contributed by atoms with van der Waals surface area (Å²) in [6.45, 7) is 1.93. The number of nitrogens with one attached hydrogen (secondary N) is 1. The van der Waals surface area contributed by atoms with Crippen molar-refractivity contribution in [1.82, 2.24) is 10.3 Å². The highest BCUT2D eigenvalue weighted by molar-refractivity contribution is 5.94. The summed E-state index contributed by atoms with van der Waals surface area (Å²) >= 11 is 0. The fraction of sp³-hybridized carbons (Fsp3) is 0.304. The van der Waals surface area contributed by atoms with Crippen molar-refractivity contribution in [2.24, 2.45) is 0 Å². The minimum Gasteiger partial charge on any atom is -0.497 e. The van der Waals surface area contributed by atoms with Gasteiger partial charge in [0, 0.05) is 30.6 Å². The van der Waals surface area contributed by atoms with Crippen LogP contribution in [-0.4, -0.2) is 37.8 Å². The van der Waals surface area contributed by atoms with E-state index in [1.165, 1.54) is 5.56 Å². The molecule has 5 nitrogen and oxygen atoms in total. The zero-order chi connectivity index (χ0) is 19.4. The molecule has 2 heterocycles. The Morgan fingerprint density at radius 1 is 1.07 bits per heavy atom. The van der Waals surface area contributed by atoms with Crippen molar-refractivity contribution in [1.29, 1.82) is 0 Å². The van der Waals surface area contributed by atoms with Crippen molar-refractivity contribution >= 4 is 16.8 Å². The normalized spacial score (nSPS) is 15.9. The smallest absolute Gasteiger partial charge is 0.269 e. The summed E-state index contributed by atoms with van der Waals surface area (Å²) in [5, 5.41) is 4.14. The van der Waals surface area contributed by atoms with Gasteiger partial charge in [0.25, 0.3) is 5.91 Å². The Bertz CT molecular complexity index is 963. The molecule has 0 radical (unpaired) electrons. The summed E-state index contributed by atoms with van der Waals surface area (Å²) < 4.78 is 10.9. The molecule has 0 unspecified atom stereocenters. The van der Waals surface area contributed by atoms with E-state index in [-0.39, 0.29) is 11.3 Å². The zero-order valence-electron chi connectivity index (χ0n) is 16.0. The van der Waals surface area contributed by atoms with Gasteiger partial charge in [0.05, 0.1) is 12.6 Å². The topological polar surface area (TPSA) is 60.5 Å². The number of fused-ring (bicyclic) bond motifs is 1. The highest BCUT2D eigenvalue weighted by atomic mass is 16.5. The van der Waals surface area contributed by atoms with Crippen LogP contribution in [-0.2, 0) is 10.2 Å². The molecule has 4 rings (SSSR count). The number of rotatable bonds is 5. The first-order valence-electron chi connectivity index (χ1n) is 9.56. The third kappa shape index (κ3) is 3.71. The molecule has 1 aliphatic rings. The van der Waals surface area contributed by atoms with Gasteiger partial charge < -0.3 is 14.8 Å². The number of amides is 1. The van der Waals surface area contributed by atoms with Gasteiger partial charge in [0.1, 0.15) is 11.4 Å². The predicted molar refractivity (Wildman–Crippen MR) is 109 cm³/mol. The van der Waals surface area contributed by atoms with Crippen molar-refractivity contribution in [3.63, 3.8) is 0 Å². The van der Waals surface area contributed by atoms with E-state index in [1.807, 2.05) is 42.5 Å². The molecule has 1 saturated heterocycles. The number of carbonyl (C=O) groups excluding carboxylic acids is 1. The lowest BCUT2D eigenvalue weighted by Crippen LogP contribution is -2.44. The van der Waals surface area contributed by atoms with Gasteiger partial charge in [-0.2, -0.15) is 0 Å². The van der Waals surface area contributed by atoms with E-state index in [0.717, 1.165) is 29.5 Å². The van der Waals surface area contributed by atoms with E-state index in [9.17, 15) is 4.79 Å². The second kappa shape index (κ2) is 7.98. The Kier molecular flexibility index (Phi) is 5.26. The van der Waals surface area contributed by atoms with Gasteiger partial charge in [0.2, 0.25) is 0 Å². The molecule has 0 saturated carbocycles. The molecule has 1 amide bonds. The number of hydrogen-bond donors (Lipinski definition) is 1. The van der Waals surface area contributed by atoms with E-state index in [4.69, 9.17) is 9.47 Å². The second-order valence-electron chi connectivity index (χ2n) is 7.19. The van der Waals surface area contributed by atoms with E-state index in [1.54, 1.807) is 13.2 Å². The SMILES string of the molecule is COc1ccc(C2(CNC(=O)c3ccc4ccccc4n3)CCOCC2)cc1. The van der Waals surface area contributed by atoms with Crippen LogP contribution in [0.3, 0.4) is 0 Å². The Morgan fingerprint density at radius 3 is 2.57 bits per heavy atom. The molecule has 28 heavy (non-hydrogen) atoms. The number of ether oxygens (including phenoxy) is 2. The lowest BCUT2D eigenvalue weighted by atomic mass is 9.74. The lowest BCUT2D eigenvalue weighted by molar-refractivity contribution is 0.0486. The number of nitrogens with zero attached hydrogens (tertiary/aromatic N) is 1. The molecule has 0 atom stereocenters. The molecule has 1 aliphatic heterocycles. The van der Waals surface area contributed by atoms with Crippen LogP contribution in [0.4, 0.5) is 0 Å². The standard InChI is InChI=1S/C23H24N2O3/c1-27-19-9-7-18(8-10-19)23(12-14-28-15-13-23)16-24-22(26)21-11-6-17-4-2-3-5-20(17)25-21/h2-11H,12-16H2,1H3,(H,24,26). The van der Waals surface area contributed by atoms with E-state index < -0.39 is 0 Å². The number of pyridine rings is 1. The minimum atomic E-state index is -0.148. The largest absolute Gasteiger partial charge is 0.497 e. The van der Waals surface area contributed by atoms with Gasteiger partial charge in [-0.1, -0.05) is 36.4 Å². The monoisotopic (exact) mass is 376 g/mol. The number of para-hydroxylation sites is 1. The first-order valence-corrected chi connectivity index (χ1v) is 9.56. The van der Waals surface area contributed by atoms with E-state index in [2.05, 4.69) is 22.4 Å². The molecule has 3 aromatic rings. The first-order chi connectivity index (χ1) is 13.7. The van der Waals surface area contributed by atoms with Crippen LogP contribution in [0.1, 0.15) is 28.9 Å². The molecule has 2 aromatic carbocycles. The van der Waals surface area contributed by atoms with Crippen LogP contribution in [0.5, 0.6) is 5.75 Å². The summed E-state index contributed by atoms with van der Waals surface area (Å²) in [6, 6.07) is 19.6. The summed E-state index contributed by atoms with van der Waals surface area (Å²) in [7, 11) is 1.66. The third-order valence-electron chi connectivity index (χ3n) is 5.57. The van der Waals surface area contributed by atoms with Gasteiger partial charge in [0.15, 0.2) is 0 Å². The minimum absolute atomic E-state index is 0.142. The Morgan fingerprint density at radius 2 is 1.82 bits per heavy atom. The van der Waals surface area contributed by atoms with E-state index in [0.29, 0.717) is 25.5 Å². The molecule has 1 aromatic heterocycles. The molecule has 0 spiro atoms. The molecular weight excluding hydrogens is 352 g/mol. The molecule has 144 valence electrons. The maximum atomic E-state index is 12.8. The highest BCUT2D eigenvalue weighted by Crippen LogP contribution is 2.35. The van der Waals surface area contributed by atoms with Crippen LogP contribution < -0.4 is 10.1 Å².